The van der Waals surface area contributed by atoms with Crippen molar-refractivity contribution in [3.63, 3.8) is 0 Å². The fourth-order valence-corrected chi connectivity index (χ4v) is 1.66. The molecule has 4 nitrogen and oxygen atoms in total. The van der Waals surface area contributed by atoms with Crippen LogP contribution in [0.1, 0.15) is 31.9 Å². The van der Waals surface area contributed by atoms with Crippen molar-refractivity contribution < 1.29 is 19.4 Å². The van der Waals surface area contributed by atoms with Gasteiger partial charge in [-0.3, -0.25) is 0 Å². The van der Waals surface area contributed by atoms with E-state index < -0.39 is 11.6 Å². The van der Waals surface area contributed by atoms with Crippen molar-refractivity contribution in [2.75, 3.05) is 6.61 Å². The first-order valence-electron chi connectivity index (χ1n) is 5.84. The maximum Gasteiger partial charge on any atom is 0.344 e. The fourth-order valence-electron chi connectivity index (χ4n) is 1.66. The molecule has 0 saturated carbocycles. The molecule has 1 N–H and O–H groups in total. The summed E-state index contributed by atoms with van der Waals surface area (Å²) in [5, 5.41) is 9.40. The number of esters is 1. The molecule has 0 fully saturated rings. The van der Waals surface area contributed by atoms with Crippen LogP contribution in [0.4, 0.5) is 0 Å². The largest absolute Gasteiger partial charge is 0.508 e. The Kier molecular flexibility index (Phi) is 4.22. The molecule has 1 aromatic rings. The van der Waals surface area contributed by atoms with Gasteiger partial charge in [0.2, 0.25) is 0 Å². The molecule has 0 unspecified atom stereocenters. The van der Waals surface area contributed by atoms with Crippen LogP contribution in [-0.4, -0.2) is 23.3 Å². The van der Waals surface area contributed by atoms with Gasteiger partial charge in [0, 0.05) is 0 Å². The average molecular weight is 252 g/mol. The van der Waals surface area contributed by atoms with Crippen LogP contribution < -0.4 is 4.74 Å². The molecule has 4 heteroatoms. The number of hydrogen-bond acceptors (Lipinski definition) is 4. The average Bonchev–Trinajstić information content (AvgIpc) is 2.12. The number of phenols is 1. The first-order chi connectivity index (χ1) is 8.19. The normalized spacial score (nSPS) is 11.2. The van der Waals surface area contributed by atoms with Crippen molar-refractivity contribution in [3.8, 4) is 11.5 Å². The SMILES string of the molecule is Cc1cc(O)cc(C)c1OCC(=O)OC(C)(C)C. The Labute approximate surface area is 108 Å². The number of hydrogen-bond donors (Lipinski definition) is 1. The second-order valence-electron chi connectivity index (χ2n) is 5.28. The molecule has 0 atom stereocenters. The zero-order valence-corrected chi connectivity index (χ0v) is 11.5. The van der Waals surface area contributed by atoms with Gasteiger partial charge in [0.15, 0.2) is 6.61 Å². The molecular weight excluding hydrogens is 232 g/mol. The number of carbonyl (C=O) groups is 1. The molecule has 0 aliphatic rings. The van der Waals surface area contributed by atoms with E-state index >= 15 is 0 Å². The van der Waals surface area contributed by atoms with Crippen LogP contribution in [0.15, 0.2) is 12.1 Å². The predicted octanol–water partition coefficient (Wildman–Crippen LogP) is 2.73. The first kappa shape index (κ1) is 14.4. The van der Waals surface area contributed by atoms with E-state index in [0.717, 1.165) is 11.1 Å². The Balaban J connectivity index is 2.67. The van der Waals surface area contributed by atoms with Crippen LogP contribution in [0, 0.1) is 13.8 Å². The molecule has 0 radical (unpaired) electrons. The van der Waals surface area contributed by atoms with E-state index in [-0.39, 0.29) is 12.4 Å². The summed E-state index contributed by atoms with van der Waals surface area (Å²) in [4.78, 5) is 11.5. The lowest BCUT2D eigenvalue weighted by atomic mass is 10.1. The molecule has 0 aliphatic heterocycles. The quantitative estimate of drug-likeness (QED) is 0.840. The second kappa shape index (κ2) is 5.29. The summed E-state index contributed by atoms with van der Waals surface area (Å²) in [5.74, 6) is 0.391. The topological polar surface area (TPSA) is 55.8 Å². The molecular formula is C14H20O4. The van der Waals surface area contributed by atoms with Gasteiger partial charge in [0.25, 0.3) is 0 Å². The lowest BCUT2D eigenvalue weighted by Gasteiger charge is -2.20. The van der Waals surface area contributed by atoms with Gasteiger partial charge in [-0.2, -0.15) is 0 Å². The van der Waals surface area contributed by atoms with Crippen LogP contribution in [-0.2, 0) is 9.53 Å². The molecule has 0 amide bonds. The Hall–Kier alpha value is -1.71. The van der Waals surface area contributed by atoms with Crippen LogP contribution >= 0.6 is 0 Å². The Morgan fingerprint density at radius 2 is 1.72 bits per heavy atom. The maximum absolute atomic E-state index is 11.5. The molecule has 0 aromatic heterocycles. The third-order valence-electron chi connectivity index (χ3n) is 2.20. The highest BCUT2D eigenvalue weighted by molar-refractivity contribution is 5.71. The van der Waals surface area contributed by atoms with E-state index in [2.05, 4.69) is 0 Å². The van der Waals surface area contributed by atoms with E-state index in [0.29, 0.717) is 5.75 Å². The molecule has 1 aromatic carbocycles. The van der Waals surface area contributed by atoms with Crippen molar-refractivity contribution in [1.82, 2.24) is 0 Å². The minimum Gasteiger partial charge on any atom is -0.508 e. The van der Waals surface area contributed by atoms with Crippen molar-refractivity contribution in [2.45, 2.75) is 40.2 Å². The summed E-state index contributed by atoms with van der Waals surface area (Å²) in [6.07, 6.45) is 0. The van der Waals surface area contributed by atoms with Crippen LogP contribution in [0.25, 0.3) is 0 Å². The number of carbonyl (C=O) groups excluding carboxylic acids is 1. The maximum atomic E-state index is 11.5. The standard InChI is InChI=1S/C14H20O4/c1-9-6-11(15)7-10(2)13(9)17-8-12(16)18-14(3,4)5/h6-7,15H,8H2,1-5H3. The van der Waals surface area contributed by atoms with E-state index in [1.165, 1.54) is 0 Å². The third kappa shape index (κ3) is 4.28. The monoisotopic (exact) mass is 252 g/mol. The van der Waals surface area contributed by atoms with Crippen molar-refractivity contribution in [2.24, 2.45) is 0 Å². The highest BCUT2D eigenvalue weighted by Gasteiger charge is 2.17. The molecule has 1 rings (SSSR count). The summed E-state index contributed by atoms with van der Waals surface area (Å²) in [6.45, 7) is 8.92. The van der Waals surface area contributed by atoms with Gasteiger partial charge in [0.1, 0.15) is 17.1 Å². The van der Waals surface area contributed by atoms with Gasteiger partial charge in [-0.1, -0.05) is 0 Å². The van der Waals surface area contributed by atoms with Gasteiger partial charge < -0.3 is 14.6 Å². The predicted molar refractivity (Wildman–Crippen MR) is 68.9 cm³/mol. The van der Waals surface area contributed by atoms with Gasteiger partial charge >= 0.3 is 5.97 Å². The van der Waals surface area contributed by atoms with Crippen LogP contribution in [0.3, 0.4) is 0 Å². The molecule has 0 spiro atoms. The van der Waals surface area contributed by atoms with Crippen molar-refractivity contribution in [3.05, 3.63) is 23.3 Å². The lowest BCUT2D eigenvalue weighted by molar-refractivity contribution is -0.157. The molecule has 0 aliphatic carbocycles. The minimum atomic E-state index is -0.514. The molecule has 0 heterocycles. The summed E-state index contributed by atoms with van der Waals surface area (Å²) in [7, 11) is 0. The molecule has 0 bridgehead atoms. The molecule has 18 heavy (non-hydrogen) atoms. The van der Waals surface area contributed by atoms with Crippen molar-refractivity contribution in [1.29, 1.82) is 0 Å². The van der Waals surface area contributed by atoms with E-state index in [1.807, 2.05) is 34.6 Å². The van der Waals surface area contributed by atoms with E-state index in [4.69, 9.17) is 9.47 Å². The van der Waals surface area contributed by atoms with Crippen LogP contribution in [0.5, 0.6) is 11.5 Å². The molecule has 0 saturated heterocycles. The fraction of sp³-hybridized carbons (Fsp3) is 0.500. The molecule has 100 valence electrons. The van der Waals surface area contributed by atoms with Crippen molar-refractivity contribution >= 4 is 5.97 Å². The summed E-state index contributed by atoms with van der Waals surface area (Å²) < 4.78 is 10.6. The number of aromatic hydroxyl groups is 1. The zero-order chi connectivity index (χ0) is 13.9. The lowest BCUT2D eigenvalue weighted by Crippen LogP contribution is -2.27. The smallest absolute Gasteiger partial charge is 0.344 e. The van der Waals surface area contributed by atoms with E-state index in [9.17, 15) is 9.90 Å². The Bertz CT molecular complexity index is 421. The highest BCUT2D eigenvalue weighted by Crippen LogP contribution is 2.27. The van der Waals surface area contributed by atoms with Crippen LogP contribution in [0.2, 0.25) is 0 Å². The summed E-state index contributed by atoms with van der Waals surface area (Å²) >= 11 is 0. The third-order valence-corrected chi connectivity index (χ3v) is 2.20. The zero-order valence-electron chi connectivity index (χ0n) is 11.5. The number of rotatable bonds is 3. The Morgan fingerprint density at radius 1 is 1.22 bits per heavy atom. The van der Waals surface area contributed by atoms with Gasteiger partial charge in [-0.05, 0) is 57.9 Å². The number of ether oxygens (including phenoxy) is 2. The number of aryl methyl sites for hydroxylation is 2. The van der Waals surface area contributed by atoms with Gasteiger partial charge in [-0.15, -0.1) is 0 Å². The van der Waals surface area contributed by atoms with Gasteiger partial charge in [-0.25, -0.2) is 4.79 Å². The minimum absolute atomic E-state index is 0.135. The Morgan fingerprint density at radius 3 is 2.17 bits per heavy atom. The second-order valence-corrected chi connectivity index (χ2v) is 5.28. The van der Waals surface area contributed by atoms with Gasteiger partial charge in [0.05, 0.1) is 0 Å². The highest BCUT2D eigenvalue weighted by atomic mass is 16.6. The number of benzene rings is 1. The number of phenolic OH excluding ortho intramolecular Hbond substituents is 1. The van der Waals surface area contributed by atoms with E-state index in [1.54, 1.807) is 12.1 Å². The summed E-state index contributed by atoms with van der Waals surface area (Å²) in [6, 6.07) is 3.19. The first-order valence-corrected chi connectivity index (χ1v) is 5.84. The summed E-state index contributed by atoms with van der Waals surface area (Å²) in [5.41, 5.74) is 1.06.